The number of rotatable bonds is 3. The van der Waals surface area contributed by atoms with Gasteiger partial charge in [-0.15, -0.1) is 0 Å². The molecule has 0 aromatic heterocycles. The van der Waals surface area contributed by atoms with Gasteiger partial charge < -0.3 is 10.4 Å². The molecule has 3 rings (SSSR count). The van der Waals surface area contributed by atoms with Crippen molar-refractivity contribution < 1.29 is 9.90 Å². The second kappa shape index (κ2) is 6.68. The number of aromatic hydroxyl groups is 1. The van der Waals surface area contributed by atoms with E-state index in [1.165, 1.54) is 16.7 Å². The fraction of sp³-hybridized carbons (Fsp3) is 0.381. The van der Waals surface area contributed by atoms with Crippen molar-refractivity contribution in [2.75, 3.05) is 6.54 Å². The summed E-state index contributed by atoms with van der Waals surface area (Å²) in [5.74, 6) is 0.792. The molecule has 2 aromatic carbocycles. The van der Waals surface area contributed by atoms with Crippen molar-refractivity contribution in [2.24, 2.45) is 5.92 Å². The summed E-state index contributed by atoms with van der Waals surface area (Å²) in [6.45, 7) is 6.86. The zero-order chi connectivity index (χ0) is 17.3. The molecular formula is C21H25NO2. The van der Waals surface area contributed by atoms with Gasteiger partial charge in [0.05, 0.1) is 0 Å². The highest BCUT2D eigenvalue weighted by Crippen LogP contribution is 2.30. The summed E-state index contributed by atoms with van der Waals surface area (Å²) in [7, 11) is 0. The van der Waals surface area contributed by atoms with Crippen molar-refractivity contribution in [3.63, 3.8) is 0 Å². The Labute approximate surface area is 143 Å². The molecule has 0 saturated carbocycles. The summed E-state index contributed by atoms with van der Waals surface area (Å²) in [4.78, 5) is 12.3. The van der Waals surface area contributed by atoms with Crippen LogP contribution in [0, 0.1) is 26.7 Å². The number of aryl methyl sites for hydroxylation is 3. The highest BCUT2D eigenvalue weighted by Gasteiger charge is 2.29. The van der Waals surface area contributed by atoms with Crippen LogP contribution < -0.4 is 5.32 Å². The standard InChI is InChI=1S/C21H25NO2/c1-13-4-6-17(9-14(13)2)19-11-18(21(24)22-12-19)10-16-5-7-20(23)15(3)8-16/h4-9,18-19,23H,10-12H2,1-3H3,(H,22,24). The summed E-state index contributed by atoms with van der Waals surface area (Å²) in [6.07, 6.45) is 1.59. The van der Waals surface area contributed by atoms with Crippen LogP contribution in [0.15, 0.2) is 36.4 Å². The maximum absolute atomic E-state index is 12.3. The summed E-state index contributed by atoms with van der Waals surface area (Å²) in [6, 6.07) is 12.2. The fourth-order valence-corrected chi connectivity index (χ4v) is 3.48. The molecule has 2 N–H and O–H groups in total. The maximum atomic E-state index is 12.3. The molecule has 1 amide bonds. The summed E-state index contributed by atoms with van der Waals surface area (Å²) in [5, 5.41) is 12.7. The van der Waals surface area contributed by atoms with Crippen LogP contribution in [0.1, 0.15) is 40.2 Å². The van der Waals surface area contributed by atoms with E-state index in [1.807, 2.05) is 19.1 Å². The molecule has 3 nitrogen and oxygen atoms in total. The van der Waals surface area contributed by atoms with Crippen molar-refractivity contribution in [3.05, 3.63) is 64.2 Å². The Morgan fingerprint density at radius 3 is 2.54 bits per heavy atom. The molecule has 0 radical (unpaired) electrons. The van der Waals surface area contributed by atoms with Gasteiger partial charge in [0.25, 0.3) is 0 Å². The Bertz CT molecular complexity index is 766. The van der Waals surface area contributed by atoms with Gasteiger partial charge in [-0.25, -0.2) is 0 Å². The van der Waals surface area contributed by atoms with E-state index in [1.54, 1.807) is 6.07 Å². The minimum atomic E-state index is -0.0192. The molecule has 0 spiro atoms. The topological polar surface area (TPSA) is 49.3 Å². The normalized spacial score (nSPS) is 20.7. The lowest BCUT2D eigenvalue weighted by Crippen LogP contribution is -2.41. The maximum Gasteiger partial charge on any atom is 0.223 e. The van der Waals surface area contributed by atoms with Gasteiger partial charge >= 0.3 is 0 Å². The molecular weight excluding hydrogens is 298 g/mol. The van der Waals surface area contributed by atoms with E-state index < -0.39 is 0 Å². The number of hydrogen-bond donors (Lipinski definition) is 2. The van der Waals surface area contributed by atoms with Crippen LogP contribution in [0.3, 0.4) is 0 Å². The summed E-state index contributed by atoms with van der Waals surface area (Å²) >= 11 is 0. The number of amides is 1. The van der Waals surface area contributed by atoms with Crippen molar-refractivity contribution in [2.45, 2.75) is 39.5 Å². The Balaban J connectivity index is 1.76. The zero-order valence-corrected chi connectivity index (χ0v) is 14.6. The first-order valence-electron chi connectivity index (χ1n) is 8.57. The number of nitrogens with one attached hydrogen (secondary N) is 1. The summed E-state index contributed by atoms with van der Waals surface area (Å²) < 4.78 is 0. The predicted octanol–water partition coefficient (Wildman–Crippen LogP) is 3.78. The number of piperidine rings is 1. The highest BCUT2D eigenvalue weighted by atomic mass is 16.3. The molecule has 2 unspecified atom stereocenters. The van der Waals surface area contributed by atoms with Gasteiger partial charge in [-0.05, 0) is 67.5 Å². The van der Waals surface area contributed by atoms with E-state index >= 15 is 0 Å². The van der Waals surface area contributed by atoms with Crippen LogP contribution in [-0.2, 0) is 11.2 Å². The Kier molecular flexibility index (Phi) is 4.61. The second-order valence-corrected chi connectivity index (χ2v) is 7.04. The lowest BCUT2D eigenvalue weighted by Gasteiger charge is -2.30. The third-order valence-electron chi connectivity index (χ3n) is 5.21. The van der Waals surface area contributed by atoms with Gasteiger partial charge in [0, 0.05) is 18.4 Å². The third kappa shape index (κ3) is 3.45. The average molecular weight is 323 g/mol. The monoisotopic (exact) mass is 323 g/mol. The Morgan fingerprint density at radius 1 is 1.04 bits per heavy atom. The lowest BCUT2D eigenvalue weighted by molar-refractivity contribution is -0.126. The van der Waals surface area contributed by atoms with Gasteiger partial charge in [-0.3, -0.25) is 4.79 Å². The van der Waals surface area contributed by atoms with E-state index in [-0.39, 0.29) is 11.8 Å². The van der Waals surface area contributed by atoms with Crippen LogP contribution in [0.2, 0.25) is 0 Å². The Morgan fingerprint density at radius 2 is 1.83 bits per heavy atom. The lowest BCUT2D eigenvalue weighted by atomic mass is 9.81. The predicted molar refractivity (Wildman–Crippen MR) is 96.3 cm³/mol. The van der Waals surface area contributed by atoms with Gasteiger partial charge in [-0.2, -0.15) is 0 Å². The van der Waals surface area contributed by atoms with E-state index in [0.717, 1.165) is 17.5 Å². The first kappa shape index (κ1) is 16.6. The molecule has 126 valence electrons. The molecule has 2 atom stereocenters. The average Bonchev–Trinajstić information content (AvgIpc) is 2.56. The van der Waals surface area contributed by atoms with Crippen LogP contribution in [0.5, 0.6) is 5.75 Å². The van der Waals surface area contributed by atoms with Gasteiger partial charge in [0.15, 0.2) is 0 Å². The molecule has 0 aliphatic carbocycles. The van der Waals surface area contributed by atoms with Crippen molar-refractivity contribution in [1.82, 2.24) is 5.32 Å². The van der Waals surface area contributed by atoms with Crippen LogP contribution >= 0.6 is 0 Å². The quantitative estimate of drug-likeness (QED) is 0.903. The van der Waals surface area contributed by atoms with Crippen molar-refractivity contribution in [3.8, 4) is 5.75 Å². The largest absolute Gasteiger partial charge is 0.508 e. The van der Waals surface area contributed by atoms with Gasteiger partial charge in [-0.1, -0.05) is 30.3 Å². The van der Waals surface area contributed by atoms with E-state index in [4.69, 9.17) is 0 Å². The van der Waals surface area contributed by atoms with Gasteiger partial charge in [0.1, 0.15) is 5.75 Å². The highest BCUT2D eigenvalue weighted by molar-refractivity contribution is 5.80. The van der Waals surface area contributed by atoms with E-state index in [9.17, 15) is 9.90 Å². The molecule has 1 heterocycles. The van der Waals surface area contributed by atoms with Crippen LogP contribution in [-0.4, -0.2) is 17.6 Å². The molecule has 24 heavy (non-hydrogen) atoms. The number of phenols is 1. The zero-order valence-electron chi connectivity index (χ0n) is 14.6. The molecule has 1 fully saturated rings. The molecule has 1 saturated heterocycles. The molecule has 2 aromatic rings. The SMILES string of the molecule is Cc1ccc(C2CNC(=O)C(Cc3ccc(O)c(C)c3)C2)cc1C. The smallest absolute Gasteiger partial charge is 0.223 e. The molecule has 0 bridgehead atoms. The molecule has 3 heteroatoms. The first-order valence-corrected chi connectivity index (χ1v) is 8.57. The van der Waals surface area contributed by atoms with Gasteiger partial charge in [0.2, 0.25) is 5.91 Å². The first-order chi connectivity index (χ1) is 11.4. The second-order valence-electron chi connectivity index (χ2n) is 7.04. The number of carbonyl (C=O) groups excluding carboxylic acids is 1. The van der Waals surface area contributed by atoms with Crippen LogP contribution in [0.25, 0.3) is 0 Å². The Hall–Kier alpha value is -2.29. The number of carbonyl (C=O) groups is 1. The van der Waals surface area contributed by atoms with E-state index in [0.29, 0.717) is 24.6 Å². The van der Waals surface area contributed by atoms with Crippen molar-refractivity contribution in [1.29, 1.82) is 0 Å². The number of benzene rings is 2. The van der Waals surface area contributed by atoms with Crippen molar-refractivity contribution >= 4 is 5.91 Å². The fourth-order valence-electron chi connectivity index (χ4n) is 3.48. The third-order valence-corrected chi connectivity index (χ3v) is 5.21. The number of phenolic OH excluding ortho intramolecular Hbond substituents is 1. The van der Waals surface area contributed by atoms with Crippen LogP contribution in [0.4, 0.5) is 0 Å². The minimum Gasteiger partial charge on any atom is -0.508 e. The van der Waals surface area contributed by atoms with E-state index in [2.05, 4.69) is 37.4 Å². The minimum absolute atomic E-state index is 0.0192. The number of hydrogen-bond acceptors (Lipinski definition) is 2. The summed E-state index contributed by atoms with van der Waals surface area (Å²) in [5.41, 5.74) is 5.87. The molecule has 1 aliphatic heterocycles. The molecule has 1 aliphatic rings.